The van der Waals surface area contributed by atoms with Crippen LogP contribution in [0.25, 0.3) is 78.7 Å². The number of aromatic nitrogens is 7. The number of rotatable bonds is 5. The van der Waals surface area contributed by atoms with Crippen molar-refractivity contribution in [3.8, 4) is 56.9 Å². The van der Waals surface area contributed by atoms with E-state index in [2.05, 4.69) is 9.97 Å². The number of hydrogen-bond acceptors (Lipinski definition) is 7. The molecule has 0 amide bonds. The lowest BCUT2D eigenvalue weighted by Gasteiger charge is -2.10. The van der Waals surface area contributed by atoms with Gasteiger partial charge in [-0.15, -0.1) is 0 Å². The Balaban J connectivity index is 1.24. The van der Waals surface area contributed by atoms with Crippen molar-refractivity contribution < 1.29 is 0 Å². The van der Waals surface area contributed by atoms with Gasteiger partial charge in [-0.1, -0.05) is 103 Å². The second-order valence-electron chi connectivity index (χ2n) is 10.3. The van der Waals surface area contributed by atoms with Gasteiger partial charge in [-0.05, 0) is 24.3 Å². The average molecular weight is 566 g/mol. The van der Waals surface area contributed by atoms with Crippen LogP contribution < -0.4 is 0 Å². The molecule has 0 saturated carbocycles. The van der Waals surface area contributed by atoms with Crippen molar-refractivity contribution in [2.75, 3.05) is 0 Å². The van der Waals surface area contributed by atoms with Crippen molar-refractivity contribution in [1.82, 2.24) is 34.9 Å². The molecule has 0 saturated heterocycles. The van der Waals surface area contributed by atoms with Crippen LogP contribution in [0.5, 0.6) is 0 Å². The zero-order chi connectivity index (χ0) is 29.3. The van der Waals surface area contributed by atoms with E-state index in [1.807, 2.05) is 140 Å². The van der Waals surface area contributed by atoms with E-state index in [1.54, 1.807) is 0 Å². The summed E-state index contributed by atoms with van der Waals surface area (Å²) >= 11 is 0. The van der Waals surface area contributed by atoms with Gasteiger partial charge in [-0.2, -0.15) is 0 Å². The van der Waals surface area contributed by atoms with E-state index >= 15 is 0 Å². The van der Waals surface area contributed by atoms with Gasteiger partial charge < -0.3 is 0 Å². The normalized spacial score (nSPS) is 11.2. The molecule has 0 atom stereocenters. The maximum Gasteiger partial charge on any atom is 0.164 e. The highest BCUT2D eigenvalue weighted by Gasteiger charge is 2.15. The van der Waals surface area contributed by atoms with Crippen LogP contribution in [-0.2, 0) is 0 Å². The Morgan fingerprint density at radius 1 is 0.295 bits per heavy atom. The van der Waals surface area contributed by atoms with Gasteiger partial charge >= 0.3 is 0 Å². The van der Waals surface area contributed by atoms with Gasteiger partial charge in [0.05, 0.1) is 11.0 Å². The second-order valence-corrected chi connectivity index (χ2v) is 10.3. The minimum Gasteiger partial charge on any atom is -0.236 e. The average Bonchev–Trinajstić information content (AvgIpc) is 3.11. The molecule has 0 aliphatic rings. The fraction of sp³-hybridized carbons (Fsp3) is 0. The lowest BCUT2D eigenvalue weighted by atomic mass is 10.1. The number of benzene rings is 5. The monoisotopic (exact) mass is 565 g/mol. The van der Waals surface area contributed by atoms with Crippen LogP contribution in [-0.4, -0.2) is 34.9 Å². The molecule has 0 spiro atoms. The summed E-state index contributed by atoms with van der Waals surface area (Å²) in [7, 11) is 0. The lowest BCUT2D eigenvalue weighted by Crippen LogP contribution is -2.01. The fourth-order valence-corrected chi connectivity index (χ4v) is 5.17. The molecule has 0 aliphatic heterocycles. The Morgan fingerprint density at radius 3 is 1.18 bits per heavy atom. The minimum absolute atomic E-state index is 0.559. The Morgan fingerprint density at radius 2 is 0.682 bits per heavy atom. The van der Waals surface area contributed by atoms with E-state index in [0.717, 1.165) is 49.6 Å². The molecule has 206 valence electrons. The van der Waals surface area contributed by atoms with Gasteiger partial charge in [0, 0.05) is 51.0 Å². The largest absolute Gasteiger partial charge is 0.236 e. The van der Waals surface area contributed by atoms with E-state index in [9.17, 15) is 0 Å². The third kappa shape index (κ3) is 4.92. The zero-order valence-corrected chi connectivity index (χ0v) is 23.4. The minimum atomic E-state index is 0.559. The number of para-hydroxylation sites is 2. The van der Waals surface area contributed by atoms with Gasteiger partial charge in [0.15, 0.2) is 29.1 Å². The van der Waals surface area contributed by atoms with Crippen molar-refractivity contribution in [3.63, 3.8) is 0 Å². The van der Waals surface area contributed by atoms with Gasteiger partial charge in [0.25, 0.3) is 0 Å². The van der Waals surface area contributed by atoms with Crippen molar-refractivity contribution in [3.05, 3.63) is 140 Å². The lowest BCUT2D eigenvalue weighted by molar-refractivity contribution is 1.07. The summed E-state index contributed by atoms with van der Waals surface area (Å²) in [6.07, 6.45) is 3.70. The van der Waals surface area contributed by atoms with Crippen LogP contribution in [0.3, 0.4) is 0 Å². The Bertz CT molecular complexity index is 2160. The molecule has 8 rings (SSSR count). The van der Waals surface area contributed by atoms with Crippen LogP contribution >= 0.6 is 0 Å². The summed E-state index contributed by atoms with van der Waals surface area (Å²) in [5, 5.41) is 2.00. The Kier molecular flexibility index (Phi) is 6.31. The quantitative estimate of drug-likeness (QED) is 0.208. The first-order chi connectivity index (χ1) is 21.8. The highest BCUT2D eigenvalue weighted by Crippen LogP contribution is 2.29. The van der Waals surface area contributed by atoms with Gasteiger partial charge in [-0.3, -0.25) is 0 Å². The predicted octanol–water partition coefficient (Wildman–Crippen LogP) is 8.09. The van der Waals surface area contributed by atoms with E-state index < -0.39 is 0 Å². The molecule has 7 nitrogen and oxygen atoms in total. The molecule has 0 N–H and O–H groups in total. The van der Waals surface area contributed by atoms with Crippen LogP contribution in [0.15, 0.2) is 140 Å². The first kappa shape index (κ1) is 25.5. The summed E-state index contributed by atoms with van der Waals surface area (Å²) in [6, 6.07) is 41.9. The predicted molar refractivity (Wildman–Crippen MR) is 173 cm³/mol. The first-order valence-electron chi connectivity index (χ1n) is 14.2. The van der Waals surface area contributed by atoms with Crippen molar-refractivity contribution in [2.45, 2.75) is 0 Å². The molecule has 5 aromatic carbocycles. The van der Waals surface area contributed by atoms with Gasteiger partial charge in [0.1, 0.15) is 0 Å². The second kappa shape index (κ2) is 10.9. The number of hydrogen-bond donors (Lipinski definition) is 0. The summed E-state index contributed by atoms with van der Waals surface area (Å²) in [5.74, 6) is 3.00. The molecule has 0 aliphatic carbocycles. The maximum absolute atomic E-state index is 4.96. The molecular formula is C37H23N7. The van der Waals surface area contributed by atoms with Crippen molar-refractivity contribution >= 4 is 21.8 Å². The molecule has 0 fully saturated rings. The maximum atomic E-state index is 4.96. The zero-order valence-electron chi connectivity index (χ0n) is 23.4. The smallest absolute Gasteiger partial charge is 0.164 e. The topological polar surface area (TPSA) is 90.2 Å². The molecule has 8 aromatic rings. The molecule has 7 heteroatoms. The third-order valence-corrected chi connectivity index (χ3v) is 7.40. The number of fused-ring (bicyclic) bond motifs is 2. The van der Waals surface area contributed by atoms with E-state index in [-0.39, 0.29) is 0 Å². The standard InChI is InChI=1S/C37H23N7/c1-2-10-24(11-3-1)35-42-36(27-16-8-14-25(20-27)33-38-22-29-12-4-6-18-31(29)40-33)44-37(43-35)28-17-9-15-26(21-28)34-39-23-30-13-5-7-19-32(30)41-34/h1-23H. The molecule has 0 unspecified atom stereocenters. The van der Waals surface area contributed by atoms with E-state index in [4.69, 9.17) is 24.9 Å². The van der Waals surface area contributed by atoms with Gasteiger partial charge in [0.2, 0.25) is 0 Å². The Hall–Kier alpha value is -6.21. The molecule has 3 heterocycles. The Labute approximate surface area is 253 Å². The summed E-state index contributed by atoms with van der Waals surface area (Å²) in [5.41, 5.74) is 6.14. The summed E-state index contributed by atoms with van der Waals surface area (Å²) < 4.78 is 0. The molecule has 3 aromatic heterocycles. The third-order valence-electron chi connectivity index (χ3n) is 7.40. The summed E-state index contributed by atoms with van der Waals surface area (Å²) in [6.45, 7) is 0. The van der Waals surface area contributed by atoms with Crippen molar-refractivity contribution in [1.29, 1.82) is 0 Å². The van der Waals surface area contributed by atoms with Crippen molar-refractivity contribution in [2.24, 2.45) is 0 Å². The van der Waals surface area contributed by atoms with Crippen LogP contribution in [0, 0.1) is 0 Å². The van der Waals surface area contributed by atoms with E-state index in [1.165, 1.54) is 0 Å². The molecule has 0 radical (unpaired) electrons. The molecule has 0 bridgehead atoms. The van der Waals surface area contributed by atoms with E-state index in [0.29, 0.717) is 29.1 Å². The van der Waals surface area contributed by atoms with Crippen LogP contribution in [0.4, 0.5) is 0 Å². The fourth-order valence-electron chi connectivity index (χ4n) is 5.17. The molecule has 44 heavy (non-hydrogen) atoms. The first-order valence-corrected chi connectivity index (χ1v) is 14.2. The van der Waals surface area contributed by atoms with Gasteiger partial charge in [-0.25, -0.2) is 34.9 Å². The molecular weight excluding hydrogens is 542 g/mol. The summed E-state index contributed by atoms with van der Waals surface area (Å²) in [4.78, 5) is 33.6. The van der Waals surface area contributed by atoms with Crippen LogP contribution in [0.2, 0.25) is 0 Å². The highest BCUT2D eigenvalue weighted by atomic mass is 15.0. The number of nitrogens with zero attached hydrogens (tertiary/aromatic N) is 7. The SMILES string of the molecule is c1ccc(-c2nc(-c3cccc(-c4ncc5ccccc5n4)c3)nc(-c3cccc(-c4ncc5ccccc5n4)c3)n2)cc1. The van der Waals surface area contributed by atoms with Crippen LogP contribution in [0.1, 0.15) is 0 Å². The highest BCUT2D eigenvalue weighted by molar-refractivity contribution is 5.81.